The standard InChI is InChI=1S/C17H27NO/c1-4-5-6-17(18-13(2)3)14-7-9-15(10-8-14)19-16-11-12-16/h7-10,13,16-18H,4-6,11-12H2,1-3H3. The molecule has 0 aromatic heterocycles. The number of ether oxygens (including phenoxy) is 1. The van der Waals surface area contributed by atoms with Gasteiger partial charge in [-0.3, -0.25) is 0 Å². The van der Waals surface area contributed by atoms with E-state index in [4.69, 9.17) is 4.74 Å². The summed E-state index contributed by atoms with van der Waals surface area (Å²) in [6, 6.07) is 9.66. The van der Waals surface area contributed by atoms with Crippen LogP contribution in [0.25, 0.3) is 0 Å². The van der Waals surface area contributed by atoms with Gasteiger partial charge in [-0.25, -0.2) is 0 Å². The first-order valence-electron chi connectivity index (χ1n) is 7.71. The molecule has 1 unspecified atom stereocenters. The van der Waals surface area contributed by atoms with Crippen LogP contribution in [0, 0.1) is 0 Å². The molecule has 1 atom stereocenters. The predicted octanol–water partition coefficient (Wildman–Crippen LogP) is 4.46. The average Bonchev–Trinajstić information content (AvgIpc) is 3.19. The van der Waals surface area contributed by atoms with Gasteiger partial charge in [0.2, 0.25) is 0 Å². The van der Waals surface area contributed by atoms with Crippen molar-refractivity contribution in [1.29, 1.82) is 0 Å². The van der Waals surface area contributed by atoms with Gasteiger partial charge in [-0.2, -0.15) is 0 Å². The zero-order valence-electron chi connectivity index (χ0n) is 12.5. The lowest BCUT2D eigenvalue weighted by molar-refractivity contribution is 0.303. The number of hydrogen-bond acceptors (Lipinski definition) is 2. The number of hydrogen-bond donors (Lipinski definition) is 1. The van der Waals surface area contributed by atoms with E-state index >= 15 is 0 Å². The first-order valence-corrected chi connectivity index (χ1v) is 7.71. The summed E-state index contributed by atoms with van der Waals surface area (Å²) < 4.78 is 5.80. The highest BCUT2D eigenvalue weighted by Crippen LogP contribution is 2.28. The van der Waals surface area contributed by atoms with Crippen molar-refractivity contribution in [2.75, 3.05) is 0 Å². The van der Waals surface area contributed by atoms with Crippen LogP contribution < -0.4 is 10.1 Å². The van der Waals surface area contributed by atoms with E-state index in [1.54, 1.807) is 0 Å². The third-order valence-electron chi connectivity index (χ3n) is 3.49. The molecule has 0 aliphatic heterocycles. The Morgan fingerprint density at radius 1 is 1.21 bits per heavy atom. The van der Waals surface area contributed by atoms with Crippen molar-refractivity contribution < 1.29 is 4.74 Å². The maximum atomic E-state index is 5.80. The number of benzene rings is 1. The van der Waals surface area contributed by atoms with Crippen LogP contribution in [0.4, 0.5) is 0 Å². The SMILES string of the molecule is CCCCC(NC(C)C)c1ccc(OC2CC2)cc1. The molecule has 0 amide bonds. The van der Waals surface area contributed by atoms with Crippen molar-refractivity contribution in [3.8, 4) is 5.75 Å². The molecule has 1 aliphatic rings. The minimum absolute atomic E-state index is 0.468. The van der Waals surface area contributed by atoms with Crippen molar-refractivity contribution in [2.24, 2.45) is 0 Å². The largest absolute Gasteiger partial charge is 0.490 e. The number of unbranched alkanes of at least 4 members (excludes halogenated alkanes) is 1. The van der Waals surface area contributed by atoms with E-state index in [0.717, 1.165) is 5.75 Å². The third kappa shape index (κ3) is 4.87. The van der Waals surface area contributed by atoms with Gasteiger partial charge in [-0.15, -0.1) is 0 Å². The van der Waals surface area contributed by atoms with Crippen LogP contribution in [0.15, 0.2) is 24.3 Å². The van der Waals surface area contributed by atoms with Crippen molar-refractivity contribution in [3.05, 3.63) is 29.8 Å². The monoisotopic (exact) mass is 261 g/mol. The molecule has 2 rings (SSSR count). The second-order valence-corrected chi connectivity index (χ2v) is 5.90. The van der Waals surface area contributed by atoms with Crippen molar-refractivity contribution in [1.82, 2.24) is 5.32 Å². The lowest BCUT2D eigenvalue weighted by Gasteiger charge is -2.22. The normalized spacial score (nSPS) is 16.6. The Morgan fingerprint density at radius 2 is 1.89 bits per heavy atom. The quantitative estimate of drug-likeness (QED) is 0.746. The molecule has 0 saturated heterocycles. The van der Waals surface area contributed by atoms with Crippen molar-refractivity contribution in [2.45, 2.75) is 71.1 Å². The summed E-state index contributed by atoms with van der Waals surface area (Å²) in [5.74, 6) is 1.02. The molecular weight excluding hydrogens is 234 g/mol. The highest BCUT2D eigenvalue weighted by atomic mass is 16.5. The molecule has 0 radical (unpaired) electrons. The van der Waals surface area contributed by atoms with Gasteiger partial charge in [0.25, 0.3) is 0 Å². The summed E-state index contributed by atoms with van der Waals surface area (Å²) >= 11 is 0. The molecule has 1 aromatic carbocycles. The lowest BCUT2D eigenvalue weighted by Crippen LogP contribution is -2.28. The molecule has 0 spiro atoms. The van der Waals surface area contributed by atoms with E-state index in [1.807, 2.05) is 0 Å². The minimum atomic E-state index is 0.468. The van der Waals surface area contributed by atoms with Gasteiger partial charge in [-0.05, 0) is 37.0 Å². The van der Waals surface area contributed by atoms with Crippen LogP contribution in [0.3, 0.4) is 0 Å². The fourth-order valence-corrected chi connectivity index (χ4v) is 2.31. The molecule has 1 saturated carbocycles. The average molecular weight is 261 g/mol. The maximum Gasteiger partial charge on any atom is 0.119 e. The summed E-state index contributed by atoms with van der Waals surface area (Å²) in [6.45, 7) is 6.67. The smallest absolute Gasteiger partial charge is 0.119 e. The van der Waals surface area contributed by atoms with Crippen LogP contribution in [0.1, 0.15) is 64.5 Å². The van der Waals surface area contributed by atoms with E-state index in [-0.39, 0.29) is 0 Å². The summed E-state index contributed by atoms with van der Waals surface area (Å²) in [6.07, 6.45) is 6.64. The van der Waals surface area contributed by atoms with Crippen molar-refractivity contribution >= 4 is 0 Å². The Labute approximate surface area is 117 Å². The maximum absolute atomic E-state index is 5.80. The molecule has 1 aromatic rings. The Balaban J connectivity index is 1.97. The zero-order valence-corrected chi connectivity index (χ0v) is 12.5. The summed E-state index contributed by atoms with van der Waals surface area (Å²) in [4.78, 5) is 0. The molecule has 2 nitrogen and oxygen atoms in total. The Bertz CT molecular complexity index is 367. The lowest BCUT2D eigenvalue weighted by atomic mass is 10.0. The van der Waals surface area contributed by atoms with Crippen LogP contribution in [-0.4, -0.2) is 12.1 Å². The second kappa shape index (κ2) is 6.95. The Morgan fingerprint density at radius 3 is 2.42 bits per heavy atom. The van der Waals surface area contributed by atoms with E-state index in [2.05, 4.69) is 50.4 Å². The van der Waals surface area contributed by atoms with Gasteiger partial charge in [0.05, 0.1) is 6.10 Å². The summed E-state index contributed by atoms with van der Waals surface area (Å²) in [7, 11) is 0. The second-order valence-electron chi connectivity index (χ2n) is 5.90. The topological polar surface area (TPSA) is 21.3 Å². The molecule has 1 aliphatic carbocycles. The molecule has 19 heavy (non-hydrogen) atoms. The molecule has 0 bridgehead atoms. The minimum Gasteiger partial charge on any atom is -0.490 e. The van der Waals surface area contributed by atoms with Crippen LogP contribution in [0.2, 0.25) is 0 Å². The molecule has 1 fully saturated rings. The highest BCUT2D eigenvalue weighted by molar-refractivity contribution is 5.29. The molecule has 0 heterocycles. The Kier molecular flexibility index (Phi) is 5.26. The van der Waals surface area contributed by atoms with E-state index in [1.165, 1.54) is 37.7 Å². The van der Waals surface area contributed by atoms with Gasteiger partial charge in [0.15, 0.2) is 0 Å². The van der Waals surface area contributed by atoms with Gasteiger partial charge in [0.1, 0.15) is 5.75 Å². The van der Waals surface area contributed by atoms with Crippen molar-refractivity contribution in [3.63, 3.8) is 0 Å². The van der Waals surface area contributed by atoms with Gasteiger partial charge >= 0.3 is 0 Å². The van der Waals surface area contributed by atoms with E-state index < -0.39 is 0 Å². The summed E-state index contributed by atoms with van der Waals surface area (Å²) in [5, 5.41) is 3.66. The summed E-state index contributed by atoms with van der Waals surface area (Å²) in [5.41, 5.74) is 1.38. The van der Waals surface area contributed by atoms with Gasteiger partial charge < -0.3 is 10.1 Å². The molecule has 1 N–H and O–H groups in total. The highest BCUT2D eigenvalue weighted by Gasteiger charge is 2.23. The first kappa shape index (κ1) is 14.4. The third-order valence-corrected chi connectivity index (χ3v) is 3.49. The van der Waals surface area contributed by atoms with Gasteiger partial charge in [-0.1, -0.05) is 45.7 Å². The van der Waals surface area contributed by atoms with Gasteiger partial charge in [0, 0.05) is 12.1 Å². The first-order chi connectivity index (χ1) is 9.19. The predicted molar refractivity (Wildman–Crippen MR) is 80.6 cm³/mol. The molecule has 2 heteroatoms. The van der Waals surface area contributed by atoms with Crippen LogP contribution in [0.5, 0.6) is 5.75 Å². The molecule has 106 valence electrons. The number of nitrogens with one attached hydrogen (secondary N) is 1. The number of rotatable bonds is 8. The Hall–Kier alpha value is -1.02. The van der Waals surface area contributed by atoms with Crippen LogP contribution >= 0.6 is 0 Å². The van der Waals surface area contributed by atoms with Crippen LogP contribution in [-0.2, 0) is 0 Å². The van der Waals surface area contributed by atoms with E-state index in [9.17, 15) is 0 Å². The zero-order chi connectivity index (χ0) is 13.7. The molecular formula is C17H27NO. The van der Waals surface area contributed by atoms with E-state index in [0.29, 0.717) is 18.2 Å². The fraction of sp³-hybridized carbons (Fsp3) is 0.647. The fourth-order valence-electron chi connectivity index (χ4n) is 2.31.